The molecule has 90 valence electrons. The quantitative estimate of drug-likeness (QED) is 0.564. The SMILES string of the molecule is CC1=[C-]C(C)(C)C(C)=C1C.CC1=[C-]CC=C1.[Zr+2]. The van der Waals surface area contributed by atoms with Gasteiger partial charge in [-0.3, -0.25) is 12.2 Å². The summed E-state index contributed by atoms with van der Waals surface area (Å²) in [5.41, 5.74) is 5.67. The zero-order valence-electron chi connectivity index (χ0n) is 11.9. The molecule has 0 aromatic carbocycles. The van der Waals surface area contributed by atoms with Gasteiger partial charge >= 0.3 is 26.2 Å². The predicted octanol–water partition coefficient (Wildman–Crippen LogP) is 4.81. The fourth-order valence-electron chi connectivity index (χ4n) is 1.92. The average molecular weight is 306 g/mol. The Morgan fingerprint density at radius 2 is 1.71 bits per heavy atom. The molecule has 0 saturated carbocycles. The van der Waals surface area contributed by atoms with E-state index in [2.05, 4.69) is 65.8 Å². The second kappa shape index (κ2) is 6.69. The molecule has 0 unspecified atom stereocenters. The molecule has 17 heavy (non-hydrogen) atoms. The molecule has 0 saturated heterocycles. The van der Waals surface area contributed by atoms with Crippen molar-refractivity contribution in [2.45, 2.75) is 48.0 Å². The van der Waals surface area contributed by atoms with Crippen LogP contribution in [0.25, 0.3) is 0 Å². The minimum absolute atomic E-state index is 0. The van der Waals surface area contributed by atoms with E-state index < -0.39 is 0 Å². The molecule has 0 heterocycles. The van der Waals surface area contributed by atoms with Crippen molar-refractivity contribution in [3.63, 3.8) is 0 Å². The fraction of sp³-hybridized carbons (Fsp3) is 0.500. The Morgan fingerprint density at radius 3 is 1.82 bits per heavy atom. The Bertz CT molecular complexity index is 387. The van der Waals surface area contributed by atoms with Crippen molar-refractivity contribution < 1.29 is 26.2 Å². The molecule has 0 atom stereocenters. The van der Waals surface area contributed by atoms with Gasteiger partial charge in [0, 0.05) is 0 Å². The summed E-state index contributed by atoms with van der Waals surface area (Å²) in [5, 5.41) is 0. The molecule has 2 rings (SSSR count). The van der Waals surface area contributed by atoms with Gasteiger partial charge < -0.3 is 0 Å². The molecule has 0 aliphatic heterocycles. The molecule has 0 spiro atoms. The second-order valence-electron chi connectivity index (χ2n) is 5.09. The van der Waals surface area contributed by atoms with Crippen LogP contribution in [0.15, 0.2) is 34.4 Å². The van der Waals surface area contributed by atoms with Crippen LogP contribution in [0.2, 0.25) is 0 Å². The van der Waals surface area contributed by atoms with Crippen LogP contribution in [0.5, 0.6) is 0 Å². The summed E-state index contributed by atoms with van der Waals surface area (Å²) in [7, 11) is 0. The van der Waals surface area contributed by atoms with E-state index in [-0.39, 0.29) is 31.6 Å². The van der Waals surface area contributed by atoms with Crippen molar-refractivity contribution in [2.24, 2.45) is 5.41 Å². The number of rotatable bonds is 0. The summed E-state index contributed by atoms with van der Waals surface area (Å²) in [6, 6.07) is 0. The Labute approximate surface area is 126 Å². The summed E-state index contributed by atoms with van der Waals surface area (Å²) in [4.78, 5) is 0. The zero-order valence-corrected chi connectivity index (χ0v) is 14.3. The van der Waals surface area contributed by atoms with Gasteiger partial charge in [-0.2, -0.15) is 17.2 Å². The van der Waals surface area contributed by atoms with E-state index in [4.69, 9.17) is 0 Å². The Balaban J connectivity index is 0.000000316. The maximum absolute atomic E-state index is 3.44. The molecule has 0 radical (unpaired) electrons. The first-order chi connectivity index (χ1) is 7.34. The number of hydrogen-bond donors (Lipinski definition) is 0. The van der Waals surface area contributed by atoms with Gasteiger partial charge in [0.05, 0.1) is 0 Å². The second-order valence-corrected chi connectivity index (χ2v) is 5.09. The summed E-state index contributed by atoms with van der Waals surface area (Å²) >= 11 is 0. The van der Waals surface area contributed by atoms with Gasteiger partial charge in [0.2, 0.25) is 0 Å². The van der Waals surface area contributed by atoms with Gasteiger partial charge in [-0.05, 0) is 0 Å². The molecule has 0 fully saturated rings. The van der Waals surface area contributed by atoms with Crippen LogP contribution >= 0.6 is 0 Å². The first-order valence-electron chi connectivity index (χ1n) is 5.88. The third-order valence-corrected chi connectivity index (χ3v) is 3.43. The first-order valence-corrected chi connectivity index (χ1v) is 5.88. The van der Waals surface area contributed by atoms with Crippen LogP contribution in [0.1, 0.15) is 48.0 Å². The van der Waals surface area contributed by atoms with Crippen LogP contribution in [0, 0.1) is 17.6 Å². The van der Waals surface area contributed by atoms with Crippen LogP contribution < -0.4 is 0 Å². The summed E-state index contributed by atoms with van der Waals surface area (Å²) < 4.78 is 0. The largest absolute Gasteiger partial charge is 2.00 e. The summed E-state index contributed by atoms with van der Waals surface area (Å²) in [6.45, 7) is 13.0. The molecule has 0 nitrogen and oxygen atoms in total. The maximum atomic E-state index is 3.44. The Morgan fingerprint density at radius 1 is 1.12 bits per heavy atom. The fourth-order valence-corrected chi connectivity index (χ4v) is 1.92. The van der Waals surface area contributed by atoms with Crippen molar-refractivity contribution in [3.8, 4) is 0 Å². The van der Waals surface area contributed by atoms with E-state index in [9.17, 15) is 0 Å². The molecule has 0 N–H and O–H groups in total. The van der Waals surface area contributed by atoms with E-state index >= 15 is 0 Å². The molecule has 2 aliphatic carbocycles. The van der Waals surface area contributed by atoms with Gasteiger partial charge in [-0.25, -0.2) is 17.2 Å². The van der Waals surface area contributed by atoms with Gasteiger partial charge in [0.25, 0.3) is 0 Å². The molecule has 2 aliphatic rings. The molecule has 0 bridgehead atoms. The Hall–Kier alpha value is -0.157. The minimum Gasteiger partial charge on any atom is -0.270 e. The van der Waals surface area contributed by atoms with Crippen LogP contribution in [-0.2, 0) is 26.2 Å². The zero-order chi connectivity index (χ0) is 12.3. The topological polar surface area (TPSA) is 0 Å². The first kappa shape index (κ1) is 16.8. The smallest absolute Gasteiger partial charge is 0.270 e. The van der Waals surface area contributed by atoms with Crippen molar-refractivity contribution in [1.82, 2.24) is 0 Å². The Kier molecular flexibility index (Phi) is 6.63. The van der Waals surface area contributed by atoms with Crippen LogP contribution in [-0.4, -0.2) is 0 Å². The van der Waals surface area contributed by atoms with E-state index in [0.29, 0.717) is 0 Å². The van der Waals surface area contributed by atoms with E-state index in [0.717, 1.165) is 6.42 Å². The maximum Gasteiger partial charge on any atom is 2.00 e. The van der Waals surface area contributed by atoms with E-state index in [1.165, 1.54) is 22.3 Å². The average Bonchev–Trinajstić information content (AvgIpc) is 2.72. The van der Waals surface area contributed by atoms with E-state index in [1.807, 2.05) is 0 Å². The van der Waals surface area contributed by atoms with Crippen molar-refractivity contribution in [3.05, 3.63) is 46.6 Å². The van der Waals surface area contributed by atoms with Gasteiger partial charge in [0.15, 0.2) is 0 Å². The monoisotopic (exact) mass is 304 g/mol. The molecule has 0 aromatic rings. The number of allylic oxidation sites excluding steroid dienone is 8. The summed E-state index contributed by atoms with van der Waals surface area (Å²) in [5.74, 6) is 0. The van der Waals surface area contributed by atoms with Gasteiger partial charge in [0.1, 0.15) is 0 Å². The normalized spacial score (nSPS) is 20.4. The minimum atomic E-state index is 0. The van der Waals surface area contributed by atoms with Gasteiger partial charge in [-0.15, -0.1) is 13.3 Å². The van der Waals surface area contributed by atoms with Gasteiger partial charge in [-0.1, -0.05) is 40.0 Å². The van der Waals surface area contributed by atoms with Crippen molar-refractivity contribution >= 4 is 0 Å². The molecular formula is C16H22Zr. The van der Waals surface area contributed by atoms with Crippen molar-refractivity contribution in [1.29, 1.82) is 0 Å². The van der Waals surface area contributed by atoms with Crippen LogP contribution in [0.3, 0.4) is 0 Å². The standard InChI is InChI=1S/C10H15.C6H7.Zr/c1-7-6-10(4,5)9(3)8(7)2;1-6-4-2-3-5-6;/h1-5H3;2,4H,3H2,1H3;/q2*-1;+2. The predicted molar refractivity (Wildman–Crippen MR) is 70.8 cm³/mol. The van der Waals surface area contributed by atoms with Crippen molar-refractivity contribution in [2.75, 3.05) is 0 Å². The third-order valence-electron chi connectivity index (χ3n) is 3.43. The molecule has 0 amide bonds. The van der Waals surface area contributed by atoms with E-state index in [1.54, 1.807) is 0 Å². The molecular weight excluding hydrogens is 283 g/mol. The number of hydrogen-bond acceptors (Lipinski definition) is 0. The summed E-state index contributed by atoms with van der Waals surface area (Å²) in [6.07, 6.45) is 11.8. The van der Waals surface area contributed by atoms with Crippen LogP contribution in [0.4, 0.5) is 0 Å². The molecule has 0 aromatic heterocycles. The third kappa shape index (κ3) is 4.55. The molecule has 1 heteroatoms.